The molecule has 3 aliphatic rings. The summed E-state index contributed by atoms with van der Waals surface area (Å²) in [4.78, 5) is 13.5. The molecule has 3 rings (SSSR count). The lowest BCUT2D eigenvalue weighted by Crippen LogP contribution is -2.55. The Kier molecular flexibility index (Phi) is 3.81. The molecular weight excluding hydrogens is 242 g/mol. The van der Waals surface area contributed by atoms with Gasteiger partial charge in [-0.25, -0.2) is 0 Å². The van der Waals surface area contributed by atoms with Crippen LogP contribution < -0.4 is 0 Å². The van der Waals surface area contributed by atoms with Gasteiger partial charge in [-0.3, -0.25) is 9.69 Å². The summed E-state index contributed by atoms with van der Waals surface area (Å²) in [6.07, 6.45) is 10.6. The quantitative estimate of drug-likeness (QED) is 0.834. The van der Waals surface area contributed by atoms with Crippen molar-refractivity contribution in [1.29, 1.82) is 0 Å². The van der Waals surface area contributed by atoms with Crippen LogP contribution in [0.3, 0.4) is 0 Å². The summed E-state index contributed by atoms with van der Waals surface area (Å²) in [6, 6.07) is 0.0487. The molecule has 1 N–H and O–H groups in total. The minimum absolute atomic E-state index is 0.358. The number of rotatable bonds is 2. The van der Waals surface area contributed by atoms with Crippen molar-refractivity contribution in [3.05, 3.63) is 0 Å². The van der Waals surface area contributed by atoms with E-state index in [1.807, 2.05) is 0 Å². The average molecular weight is 267 g/mol. The van der Waals surface area contributed by atoms with Crippen molar-refractivity contribution >= 4 is 5.97 Å². The van der Waals surface area contributed by atoms with Crippen LogP contribution in [0, 0.1) is 5.41 Å². The highest BCUT2D eigenvalue weighted by Gasteiger charge is 2.41. The van der Waals surface area contributed by atoms with E-state index in [4.69, 9.17) is 4.74 Å². The predicted molar refractivity (Wildman–Crippen MR) is 72.1 cm³/mol. The Morgan fingerprint density at radius 2 is 1.84 bits per heavy atom. The molecule has 0 aromatic carbocycles. The predicted octanol–water partition coefficient (Wildman–Crippen LogP) is 2.27. The van der Waals surface area contributed by atoms with Gasteiger partial charge in [0.1, 0.15) is 6.04 Å². The van der Waals surface area contributed by atoms with Crippen LogP contribution in [0.4, 0.5) is 0 Å². The Morgan fingerprint density at radius 1 is 1.16 bits per heavy atom. The first-order valence-corrected chi connectivity index (χ1v) is 7.77. The standard InChI is InChI=1S/C15H25NO3/c17-14(18)13-11-19-10-9-16(13)12-3-7-15(8-4-12)5-1-2-6-15/h12-13H,1-11H2,(H,17,18). The van der Waals surface area contributed by atoms with Gasteiger partial charge in [0.25, 0.3) is 0 Å². The highest BCUT2D eigenvalue weighted by molar-refractivity contribution is 5.73. The van der Waals surface area contributed by atoms with Crippen LogP contribution in [0.25, 0.3) is 0 Å². The number of ether oxygens (including phenoxy) is 1. The molecule has 1 spiro atoms. The van der Waals surface area contributed by atoms with Crippen molar-refractivity contribution in [2.75, 3.05) is 19.8 Å². The van der Waals surface area contributed by atoms with Gasteiger partial charge in [-0.05, 0) is 43.9 Å². The fraction of sp³-hybridized carbons (Fsp3) is 0.933. The Bertz CT molecular complexity index is 328. The van der Waals surface area contributed by atoms with Crippen LogP contribution in [0.5, 0.6) is 0 Å². The van der Waals surface area contributed by atoms with Gasteiger partial charge in [0, 0.05) is 12.6 Å². The van der Waals surface area contributed by atoms with E-state index in [1.54, 1.807) is 0 Å². The van der Waals surface area contributed by atoms with E-state index in [0.717, 1.165) is 6.54 Å². The molecule has 4 nitrogen and oxygen atoms in total. The van der Waals surface area contributed by atoms with Crippen LogP contribution in [-0.4, -0.2) is 47.8 Å². The third-order valence-corrected chi connectivity index (χ3v) is 5.60. The lowest BCUT2D eigenvalue weighted by Gasteiger charge is -2.45. The molecular formula is C15H25NO3. The first kappa shape index (κ1) is 13.4. The first-order chi connectivity index (χ1) is 9.20. The second kappa shape index (κ2) is 5.41. The second-order valence-electron chi connectivity index (χ2n) is 6.61. The summed E-state index contributed by atoms with van der Waals surface area (Å²) < 4.78 is 5.34. The Balaban J connectivity index is 1.61. The van der Waals surface area contributed by atoms with Crippen molar-refractivity contribution in [2.45, 2.75) is 63.5 Å². The Morgan fingerprint density at radius 3 is 2.47 bits per heavy atom. The molecule has 0 aromatic rings. The highest BCUT2D eigenvalue weighted by Crippen LogP contribution is 2.49. The second-order valence-corrected chi connectivity index (χ2v) is 6.61. The van der Waals surface area contributed by atoms with E-state index in [9.17, 15) is 9.90 Å². The van der Waals surface area contributed by atoms with Crippen LogP contribution in [0.1, 0.15) is 51.4 Å². The number of aliphatic carboxylic acids is 1. The summed E-state index contributed by atoms with van der Waals surface area (Å²) >= 11 is 0. The van der Waals surface area contributed by atoms with E-state index in [2.05, 4.69) is 4.90 Å². The third-order valence-electron chi connectivity index (χ3n) is 5.60. The zero-order valence-electron chi connectivity index (χ0n) is 11.6. The van der Waals surface area contributed by atoms with Gasteiger partial charge in [-0.15, -0.1) is 0 Å². The summed E-state index contributed by atoms with van der Waals surface area (Å²) in [6.45, 7) is 1.83. The van der Waals surface area contributed by atoms with E-state index >= 15 is 0 Å². The molecule has 0 amide bonds. The molecule has 4 heteroatoms. The van der Waals surface area contributed by atoms with Gasteiger partial charge in [0.05, 0.1) is 13.2 Å². The minimum atomic E-state index is -0.721. The van der Waals surface area contributed by atoms with Crippen molar-refractivity contribution < 1.29 is 14.6 Å². The summed E-state index contributed by atoms with van der Waals surface area (Å²) in [5, 5.41) is 9.32. The fourth-order valence-corrected chi connectivity index (χ4v) is 4.44. The van der Waals surface area contributed by atoms with E-state index in [0.29, 0.717) is 24.7 Å². The van der Waals surface area contributed by atoms with Crippen LogP contribution >= 0.6 is 0 Å². The number of carboxylic acids is 1. The third kappa shape index (κ3) is 2.65. The Labute approximate surface area is 115 Å². The molecule has 2 saturated carbocycles. The lowest BCUT2D eigenvalue weighted by molar-refractivity contribution is -0.152. The molecule has 108 valence electrons. The molecule has 1 unspecified atom stereocenters. The van der Waals surface area contributed by atoms with Crippen molar-refractivity contribution in [3.63, 3.8) is 0 Å². The average Bonchev–Trinajstić information content (AvgIpc) is 2.88. The van der Waals surface area contributed by atoms with E-state index < -0.39 is 12.0 Å². The smallest absolute Gasteiger partial charge is 0.323 e. The van der Waals surface area contributed by atoms with E-state index in [1.165, 1.54) is 51.4 Å². The lowest BCUT2D eigenvalue weighted by atomic mass is 9.71. The van der Waals surface area contributed by atoms with Gasteiger partial charge in [-0.1, -0.05) is 12.8 Å². The normalized spacial score (nSPS) is 32.7. The minimum Gasteiger partial charge on any atom is -0.480 e. The first-order valence-electron chi connectivity index (χ1n) is 7.77. The van der Waals surface area contributed by atoms with Crippen molar-refractivity contribution in [1.82, 2.24) is 4.90 Å². The summed E-state index contributed by atoms with van der Waals surface area (Å²) in [7, 11) is 0. The number of hydrogen-bond donors (Lipinski definition) is 1. The topological polar surface area (TPSA) is 49.8 Å². The molecule has 19 heavy (non-hydrogen) atoms. The Hall–Kier alpha value is -0.610. The monoisotopic (exact) mass is 267 g/mol. The molecule has 0 aromatic heterocycles. The van der Waals surface area contributed by atoms with E-state index in [-0.39, 0.29) is 0 Å². The molecule has 0 radical (unpaired) electrons. The molecule has 2 aliphatic carbocycles. The summed E-state index contributed by atoms with van der Waals surface area (Å²) in [5.74, 6) is -0.721. The van der Waals surface area contributed by atoms with Crippen LogP contribution in [-0.2, 0) is 9.53 Å². The zero-order chi connectivity index (χ0) is 13.3. The highest BCUT2D eigenvalue weighted by atomic mass is 16.5. The summed E-state index contributed by atoms with van der Waals surface area (Å²) in [5.41, 5.74) is 0.626. The van der Waals surface area contributed by atoms with Gasteiger partial charge in [-0.2, -0.15) is 0 Å². The van der Waals surface area contributed by atoms with Crippen LogP contribution in [0.15, 0.2) is 0 Å². The molecule has 3 fully saturated rings. The molecule has 1 saturated heterocycles. The van der Waals surface area contributed by atoms with Gasteiger partial charge in [0.15, 0.2) is 0 Å². The number of carbonyl (C=O) groups is 1. The maximum Gasteiger partial charge on any atom is 0.323 e. The number of hydrogen-bond acceptors (Lipinski definition) is 3. The molecule has 1 heterocycles. The van der Waals surface area contributed by atoms with Gasteiger partial charge < -0.3 is 9.84 Å². The number of nitrogens with zero attached hydrogens (tertiary/aromatic N) is 1. The number of carboxylic acid groups (broad SMARTS) is 1. The molecule has 1 atom stereocenters. The fourth-order valence-electron chi connectivity index (χ4n) is 4.44. The SMILES string of the molecule is O=C(O)C1COCCN1C1CCC2(CCCC2)CC1. The van der Waals surface area contributed by atoms with Gasteiger partial charge in [0.2, 0.25) is 0 Å². The maximum atomic E-state index is 11.3. The molecule has 0 bridgehead atoms. The molecule has 1 aliphatic heterocycles. The largest absolute Gasteiger partial charge is 0.480 e. The van der Waals surface area contributed by atoms with Crippen molar-refractivity contribution in [2.24, 2.45) is 5.41 Å². The number of morpholine rings is 1. The zero-order valence-corrected chi connectivity index (χ0v) is 11.6. The van der Waals surface area contributed by atoms with Crippen molar-refractivity contribution in [3.8, 4) is 0 Å². The maximum absolute atomic E-state index is 11.3. The van der Waals surface area contributed by atoms with Crippen LogP contribution in [0.2, 0.25) is 0 Å². The van der Waals surface area contributed by atoms with Gasteiger partial charge >= 0.3 is 5.97 Å².